The van der Waals surface area contributed by atoms with Gasteiger partial charge >= 0.3 is 10.2 Å². The molecule has 3 N–H and O–H groups in total. The molecule has 0 saturated carbocycles. The lowest BCUT2D eigenvalue weighted by Crippen LogP contribution is -2.24. The van der Waals surface area contributed by atoms with E-state index < -0.39 is 10.2 Å². The van der Waals surface area contributed by atoms with Gasteiger partial charge in [-0.3, -0.25) is 9.98 Å². The molecule has 2 rings (SSSR count). The summed E-state index contributed by atoms with van der Waals surface area (Å²) in [5.41, 5.74) is 0. The molecule has 1 aliphatic rings. The average Bonchev–Trinajstić information content (AvgIpc) is 2.96. The quantitative estimate of drug-likeness (QED) is 0.637. The summed E-state index contributed by atoms with van der Waals surface area (Å²) in [6.45, 7) is 0.504. The summed E-state index contributed by atoms with van der Waals surface area (Å²) in [6, 6.07) is 0. The number of rotatable bonds is 5. The number of hydrogen-bond donors (Lipinski definition) is 3. The van der Waals surface area contributed by atoms with E-state index in [9.17, 15) is 8.42 Å². The fourth-order valence-corrected chi connectivity index (χ4v) is 3.03. The van der Waals surface area contributed by atoms with E-state index in [1.165, 1.54) is 7.05 Å². The van der Waals surface area contributed by atoms with Crippen LogP contribution in [-0.4, -0.2) is 49.4 Å². The van der Waals surface area contributed by atoms with Gasteiger partial charge in [0.05, 0.1) is 12.3 Å². The van der Waals surface area contributed by atoms with Gasteiger partial charge in [0.1, 0.15) is 5.82 Å². The zero-order valence-electron chi connectivity index (χ0n) is 10.3. The summed E-state index contributed by atoms with van der Waals surface area (Å²) in [4.78, 5) is 15.1. The summed E-state index contributed by atoms with van der Waals surface area (Å²) in [6.07, 6.45) is 3.48. The fraction of sp³-hybridized carbons (Fsp3) is 0.444. The Hall–Kier alpha value is -1.55. The van der Waals surface area contributed by atoms with Gasteiger partial charge in [0.2, 0.25) is 0 Å². The molecule has 0 radical (unpaired) electrons. The van der Waals surface area contributed by atoms with Crippen LogP contribution in [-0.2, 0) is 16.0 Å². The number of aliphatic imine (C=N–C) groups is 2. The minimum Gasteiger partial charge on any atom is -0.348 e. The van der Waals surface area contributed by atoms with Crippen LogP contribution in [0.1, 0.15) is 5.82 Å². The molecule has 0 unspecified atom stereocenters. The molecule has 0 bridgehead atoms. The van der Waals surface area contributed by atoms with Crippen molar-refractivity contribution in [3.05, 3.63) is 18.2 Å². The molecule has 10 heteroatoms. The van der Waals surface area contributed by atoms with Crippen molar-refractivity contribution in [3.8, 4) is 0 Å². The third-order valence-corrected chi connectivity index (χ3v) is 4.08. The molecule has 2 heterocycles. The Morgan fingerprint density at radius 1 is 1.37 bits per heavy atom. The first-order valence-electron chi connectivity index (χ1n) is 5.49. The molecule has 1 saturated heterocycles. The summed E-state index contributed by atoms with van der Waals surface area (Å²) < 4.78 is 27.0. The Morgan fingerprint density at radius 2 is 2.16 bits per heavy atom. The molecule has 1 aliphatic heterocycles. The van der Waals surface area contributed by atoms with Crippen molar-refractivity contribution in [1.82, 2.24) is 19.4 Å². The van der Waals surface area contributed by atoms with Crippen molar-refractivity contribution >= 4 is 33.6 Å². The molecule has 19 heavy (non-hydrogen) atoms. The Morgan fingerprint density at radius 3 is 2.84 bits per heavy atom. The van der Waals surface area contributed by atoms with Crippen molar-refractivity contribution in [2.75, 3.05) is 19.3 Å². The summed E-state index contributed by atoms with van der Waals surface area (Å²) >= 11 is 1.66. The van der Waals surface area contributed by atoms with Gasteiger partial charge in [0, 0.05) is 25.2 Å². The number of aromatic nitrogens is 2. The zero-order valence-corrected chi connectivity index (χ0v) is 11.9. The van der Waals surface area contributed by atoms with Crippen molar-refractivity contribution in [1.29, 1.82) is 0 Å². The van der Waals surface area contributed by atoms with E-state index in [0.717, 1.165) is 17.3 Å². The highest BCUT2D eigenvalue weighted by atomic mass is 32.2. The van der Waals surface area contributed by atoms with E-state index in [1.54, 1.807) is 24.2 Å². The number of hydrogen-bond acceptors (Lipinski definition) is 6. The lowest BCUT2D eigenvalue weighted by Gasteiger charge is -1.98. The number of amidine groups is 2. The first kappa shape index (κ1) is 13.9. The van der Waals surface area contributed by atoms with Crippen molar-refractivity contribution in [2.45, 2.75) is 5.75 Å². The predicted molar refractivity (Wildman–Crippen MR) is 75.6 cm³/mol. The lowest BCUT2D eigenvalue weighted by atomic mass is 10.5. The van der Waals surface area contributed by atoms with Crippen LogP contribution in [0.15, 0.2) is 22.4 Å². The topological polar surface area (TPSA) is 112 Å². The van der Waals surface area contributed by atoms with Crippen LogP contribution in [0.5, 0.6) is 0 Å². The second-order valence-electron chi connectivity index (χ2n) is 3.60. The molecule has 0 amide bonds. The number of nitrogens with zero attached hydrogens (tertiary/aromatic N) is 3. The first-order chi connectivity index (χ1) is 9.11. The molecular formula is C9H14N6O2S2. The highest BCUT2D eigenvalue weighted by Gasteiger charge is 2.27. The van der Waals surface area contributed by atoms with Gasteiger partial charge in [0.25, 0.3) is 0 Å². The highest BCUT2D eigenvalue weighted by molar-refractivity contribution is 7.98. The molecule has 0 atom stereocenters. The normalized spacial score (nSPS) is 21.5. The van der Waals surface area contributed by atoms with Gasteiger partial charge in [-0.05, 0) is 0 Å². The second-order valence-corrected chi connectivity index (χ2v) is 6.12. The highest BCUT2D eigenvalue weighted by Crippen LogP contribution is 2.07. The van der Waals surface area contributed by atoms with Crippen LogP contribution >= 0.6 is 11.8 Å². The van der Waals surface area contributed by atoms with Crippen molar-refractivity contribution in [2.24, 2.45) is 9.98 Å². The third kappa shape index (κ3) is 3.96. The number of thioether (sulfide) groups is 1. The number of H-pyrrole nitrogens is 1. The molecule has 0 spiro atoms. The monoisotopic (exact) mass is 302 g/mol. The fourth-order valence-electron chi connectivity index (χ4n) is 1.40. The molecule has 1 aromatic rings. The van der Waals surface area contributed by atoms with E-state index in [0.29, 0.717) is 6.54 Å². The zero-order chi connectivity index (χ0) is 13.7. The van der Waals surface area contributed by atoms with Gasteiger partial charge in [0.15, 0.2) is 11.7 Å². The van der Waals surface area contributed by atoms with Crippen LogP contribution in [0.3, 0.4) is 0 Å². The molecular weight excluding hydrogens is 288 g/mol. The smallest absolute Gasteiger partial charge is 0.324 e. The third-order valence-electron chi connectivity index (χ3n) is 2.21. The molecule has 0 aliphatic carbocycles. The van der Waals surface area contributed by atoms with E-state index in [4.69, 9.17) is 0 Å². The Balaban J connectivity index is 1.79. The van der Waals surface area contributed by atoms with Gasteiger partial charge in [-0.2, -0.15) is 20.2 Å². The Kier molecular flexibility index (Phi) is 4.43. The van der Waals surface area contributed by atoms with Crippen LogP contribution in [0.25, 0.3) is 0 Å². The molecule has 8 nitrogen and oxygen atoms in total. The molecule has 0 aromatic carbocycles. The van der Waals surface area contributed by atoms with Crippen LogP contribution in [0, 0.1) is 0 Å². The maximum atomic E-state index is 11.3. The van der Waals surface area contributed by atoms with E-state index in [2.05, 4.69) is 29.4 Å². The minimum absolute atomic E-state index is 0.246. The van der Waals surface area contributed by atoms with Crippen molar-refractivity contribution < 1.29 is 8.42 Å². The Bertz CT molecular complexity index is 578. The maximum Gasteiger partial charge on any atom is 0.324 e. The summed E-state index contributed by atoms with van der Waals surface area (Å²) in [5.74, 6) is 2.97. The van der Waals surface area contributed by atoms with E-state index >= 15 is 0 Å². The van der Waals surface area contributed by atoms with Gasteiger partial charge in [-0.15, -0.1) is 0 Å². The van der Waals surface area contributed by atoms with E-state index in [1.807, 2.05) is 0 Å². The SMILES string of the molecule is CN=C1NS(=O)(=O)NC1=NCCSCc1ncc[nH]1. The molecule has 1 aromatic heterocycles. The minimum atomic E-state index is -3.52. The van der Waals surface area contributed by atoms with Gasteiger partial charge in [-0.1, -0.05) is 0 Å². The lowest BCUT2D eigenvalue weighted by molar-refractivity contribution is 0.591. The Labute approximate surface area is 115 Å². The van der Waals surface area contributed by atoms with Crippen LogP contribution in [0.2, 0.25) is 0 Å². The van der Waals surface area contributed by atoms with Gasteiger partial charge < -0.3 is 4.98 Å². The van der Waals surface area contributed by atoms with Crippen LogP contribution < -0.4 is 9.44 Å². The second kappa shape index (κ2) is 6.06. The molecule has 1 fully saturated rings. The largest absolute Gasteiger partial charge is 0.348 e. The van der Waals surface area contributed by atoms with Crippen molar-refractivity contribution in [3.63, 3.8) is 0 Å². The van der Waals surface area contributed by atoms with Crippen LogP contribution in [0.4, 0.5) is 0 Å². The molecule has 104 valence electrons. The maximum absolute atomic E-state index is 11.3. The number of nitrogens with one attached hydrogen (secondary N) is 3. The number of aromatic amines is 1. The summed E-state index contributed by atoms with van der Waals surface area (Å²) in [5, 5.41) is 0. The first-order valence-corrected chi connectivity index (χ1v) is 8.12. The summed E-state index contributed by atoms with van der Waals surface area (Å²) in [7, 11) is -2.01. The number of imidazole rings is 1. The predicted octanol–water partition coefficient (Wildman–Crippen LogP) is -0.493. The standard InChI is InChI=1S/C9H14N6O2S2/c1-10-8-9(15-19(16,17)14-8)13-4-5-18-6-7-11-2-3-12-7/h2-3H,4-6H2,1H3,(H,10,14)(H,11,12)(H,13,15). The van der Waals surface area contributed by atoms with E-state index in [-0.39, 0.29) is 11.7 Å². The van der Waals surface area contributed by atoms with Gasteiger partial charge in [-0.25, -0.2) is 14.4 Å². The average molecular weight is 302 g/mol.